The minimum Gasteiger partial charge on any atom is -0.369 e. The van der Waals surface area contributed by atoms with Crippen LogP contribution in [-0.4, -0.2) is 18.5 Å². The molecule has 19 heavy (non-hydrogen) atoms. The van der Waals surface area contributed by atoms with Crippen molar-refractivity contribution in [2.75, 3.05) is 6.54 Å². The van der Waals surface area contributed by atoms with Crippen LogP contribution in [0, 0.1) is 5.41 Å². The number of nitrogens with one attached hydrogen (secondary N) is 1. The SMILES string of the molecule is C[C@H](NCC(C)(C)C(N)=O)C(C)(C)c1ccccc1. The molecule has 1 aromatic rings. The Balaban J connectivity index is 2.73. The lowest BCUT2D eigenvalue weighted by Gasteiger charge is -2.35. The summed E-state index contributed by atoms with van der Waals surface area (Å²) in [6.45, 7) is 10.9. The molecule has 0 aromatic heterocycles. The summed E-state index contributed by atoms with van der Waals surface area (Å²) in [7, 11) is 0. The van der Waals surface area contributed by atoms with E-state index in [0.717, 1.165) is 0 Å². The third-order valence-electron chi connectivity index (χ3n) is 4.12. The van der Waals surface area contributed by atoms with Gasteiger partial charge >= 0.3 is 0 Å². The van der Waals surface area contributed by atoms with Crippen molar-refractivity contribution in [2.24, 2.45) is 11.1 Å². The van der Waals surface area contributed by atoms with E-state index in [-0.39, 0.29) is 17.4 Å². The normalized spacial score (nSPS) is 14.2. The Bertz CT molecular complexity index is 424. The van der Waals surface area contributed by atoms with Crippen molar-refractivity contribution in [3.05, 3.63) is 35.9 Å². The van der Waals surface area contributed by atoms with E-state index in [1.165, 1.54) is 5.56 Å². The van der Waals surface area contributed by atoms with E-state index >= 15 is 0 Å². The summed E-state index contributed by atoms with van der Waals surface area (Å²) in [5.74, 6) is -0.273. The highest BCUT2D eigenvalue weighted by Gasteiger charge is 2.31. The van der Waals surface area contributed by atoms with E-state index in [1.807, 2.05) is 19.9 Å². The lowest BCUT2D eigenvalue weighted by atomic mass is 9.78. The second-order valence-corrected chi connectivity index (χ2v) is 6.44. The molecular formula is C16H26N2O. The fraction of sp³-hybridized carbons (Fsp3) is 0.562. The fourth-order valence-electron chi connectivity index (χ4n) is 1.87. The van der Waals surface area contributed by atoms with Crippen LogP contribution < -0.4 is 11.1 Å². The summed E-state index contributed by atoms with van der Waals surface area (Å²) in [4.78, 5) is 11.3. The molecule has 3 heteroatoms. The Hall–Kier alpha value is -1.35. The molecule has 1 rings (SSSR count). The second kappa shape index (κ2) is 5.74. The Morgan fingerprint density at radius 2 is 1.74 bits per heavy atom. The van der Waals surface area contributed by atoms with Gasteiger partial charge in [0.05, 0.1) is 5.41 Å². The van der Waals surface area contributed by atoms with E-state index in [2.05, 4.69) is 50.4 Å². The number of primary amides is 1. The molecule has 0 saturated carbocycles. The molecular weight excluding hydrogens is 236 g/mol. The first kappa shape index (κ1) is 15.7. The summed E-state index contributed by atoms with van der Waals surface area (Å²) in [5.41, 5.74) is 6.15. The number of carbonyl (C=O) groups is 1. The topological polar surface area (TPSA) is 55.1 Å². The molecule has 1 amide bonds. The molecule has 0 aliphatic carbocycles. The molecule has 3 N–H and O–H groups in total. The summed E-state index contributed by atoms with van der Waals surface area (Å²) in [6.07, 6.45) is 0. The van der Waals surface area contributed by atoms with Crippen molar-refractivity contribution in [2.45, 2.75) is 46.1 Å². The van der Waals surface area contributed by atoms with Crippen molar-refractivity contribution >= 4 is 5.91 Å². The predicted molar refractivity (Wildman–Crippen MR) is 79.9 cm³/mol. The van der Waals surface area contributed by atoms with Gasteiger partial charge in [-0.05, 0) is 26.3 Å². The average Bonchev–Trinajstić information content (AvgIpc) is 2.36. The second-order valence-electron chi connectivity index (χ2n) is 6.44. The zero-order chi connectivity index (χ0) is 14.7. The van der Waals surface area contributed by atoms with Gasteiger partial charge in [0.1, 0.15) is 0 Å². The lowest BCUT2D eigenvalue weighted by molar-refractivity contribution is -0.125. The molecule has 0 saturated heterocycles. The summed E-state index contributed by atoms with van der Waals surface area (Å²) >= 11 is 0. The van der Waals surface area contributed by atoms with Gasteiger partial charge in [0, 0.05) is 18.0 Å². The van der Waals surface area contributed by atoms with E-state index < -0.39 is 5.41 Å². The molecule has 0 heterocycles. The van der Waals surface area contributed by atoms with Crippen LogP contribution in [0.1, 0.15) is 40.2 Å². The van der Waals surface area contributed by atoms with E-state index in [0.29, 0.717) is 6.54 Å². The van der Waals surface area contributed by atoms with Gasteiger partial charge in [-0.3, -0.25) is 4.79 Å². The highest BCUT2D eigenvalue weighted by Crippen LogP contribution is 2.27. The molecule has 0 aliphatic heterocycles. The standard InChI is InChI=1S/C16H26N2O/c1-12(18-11-15(2,3)14(17)19)16(4,5)13-9-7-6-8-10-13/h6-10,12,18H,11H2,1-5H3,(H2,17,19)/t12-/m0/s1. The first-order valence-corrected chi connectivity index (χ1v) is 6.77. The van der Waals surface area contributed by atoms with Gasteiger partial charge in [-0.25, -0.2) is 0 Å². The zero-order valence-corrected chi connectivity index (χ0v) is 12.7. The van der Waals surface area contributed by atoms with Gasteiger partial charge in [-0.15, -0.1) is 0 Å². The average molecular weight is 262 g/mol. The van der Waals surface area contributed by atoms with Gasteiger partial charge in [0.15, 0.2) is 0 Å². The molecule has 0 bridgehead atoms. The molecule has 0 radical (unpaired) electrons. The molecule has 1 aromatic carbocycles. The number of benzene rings is 1. The third kappa shape index (κ3) is 3.80. The smallest absolute Gasteiger partial charge is 0.224 e. The Morgan fingerprint density at radius 3 is 2.21 bits per heavy atom. The summed E-state index contributed by atoms with van der Waals surface area (Å²) < 4.78 is 0. The van der Waals surface area contributed by atoms with E-state index in [1.54, 1.807) is 0 Å². The number of hydrogen-bond donors (Lipinski definition) is 2. The maximum Gasteiger partial charge on any atom is 0.224 e. The minimum atomic E-state index is -0.527. The molecule has 0 fully saturated rings. The maximum absolute atomic E-state index is 11.3. The van der Waals surface area contributed by atoms with Crippen LogP contribution >= 0.6 is 0 Å². The number of rotatable bonds is 6. The van der Waals surface area contributed by atoms with E-state index in [4.69, 9.17) is 5.73 Å². The summed E-state index contributed by atoms with van der Waals surface area (Å²) in [6, 6.07) is 10.6. The monoisotopic (exact) mass is 262 g/mol. The van der Waals surface area contributed by atoms with Crippen molar-refractivity contribution in [3.63, 3.8) is 0 Å². The summed E-state index contributed by atoms with van der Waals surface area (Å²) in [5, 5.41) is 3.44. The number of hydrogen-bond acceptors (Lipinski definition) is 2. The van der Waals surface area contributed by atoms with Crippen molar-refractivity contribution in [1.82, 2.24) is 5.32 Å². The van der Waals surface area contributed by atoms with Crippen molar-refractivity contribution in [3.8, 4) is 0 Å². The first-order valence-electron chi connectivity index (χ1n) is 6.77. The molecule has 0 aliphatic rings. The molecule has 106 valence electrons. The van der Waals surface area contributed by atoms with Gasteiger partial charge < -0.3 is 11.1 Å². The first-order chi connectivity index (χ1) is 8.68. The van der Waals surface area contributed by atoms with Crippen LogP contribution in [-0.2, 0) is 10.2 Å². The molecule has 3 nitrogen and oxygen atoms in total. The van der Waals surface area contributed by atoms with Crippen LogP contribution in [0.4, 0.5) is 0 Å². The minimum absolute atomic E-state index is 0.00497. The highest BCUT2D eigenvalue weighted by molar-refractivity contribution is 5.80. The van der Waals surface area contributed by atoms with Gasteiger partial charge in [0.2, 0.25) is 5.91 Å². The zero-order valence-electron chi connectivity index (χ0n) is 12.7. The number of nitrogens with two attached hydrogens (primary N) is 1. The van der Waals surface area contributed by atoms with Gasteiger partial charge in [0.25, 0.3) is 0 Å². The van der Waals surface area contributed by atoms with Crippen LogP contribution in [0.15, 0.2) is 30.3 Å². The Labute approximate surface area is 116 Å². The highest BCUT2D eigenvalue weighted by atomic mass is 16.1. The van der Waals surface area contributed by atoms with Crippen LogP contribution in [0.3, 0.4) is 0 Å². The number of amides is 1. The van der Waals surface area contributed by atoms with Crippen LogP contribution in [0.5, 0.6) is 0 Å². The molecule has 1 atom stereocenters. The largest absolute Gasteiger partial charge is 0.369 e. The molecule has 0 spiro atoms. The quantitative estimate of drug-likeness (QED) is 0.827. The van der Waals surface area contributed by atoms with E-state index in [9.17, 15) is 4.79 Å². The van der Waals surface area contributed by atoms with Crippen molar-refractivity contribution in [1.29, 1.82) is 0 Å². The number of carbonyl (C=O) groups excluding carboxylic acids is 1. The van der Waals surface area contributed by atoms with Crippen LogP contribution in [0.2, 0.25) is 0 Å². The third-order valence-corrected chi connectivity index (χ3v) is 4.12. The van der Waals surface area contributed by atoms with Crippen molar-refractivity contribution < 1.29 is 4.79 Å². The maximum atomic E-state index is 11.3. The van der Waals surface area contributed by atoms with Gasteiger partial charge in [-0.2, -0.15) is 0 Å². The predicted octanol–water partition coefficient (Wildman–Crippen LogP) is 2.45. The Kier molecular flexibility index (Phi) is 4.75. The van der Waals surface area contributed by atoms with Crippen LogP contribution in [0.25, 0.3) is 0 Å². The van der Waals surface area contributed by atoms with Gasteiger partial charge in [-0.1, -0.05) is 44.2 Å². The Morgan fingerprint density at radius 1 is 1.21 bits per heavy atom. The lowest BCUT2D eigenvalue weighted by Crippen LogP contribution is -2.49. The fourth-order valence-corrected chi connectivity index (χ4v) is 1.87. The molecule has 0 unspecified atom stereocenters.